The summed E-state index contributed by atoms with van der Waals surface area (Å²) in [5.74, 6) is 0.620. The van der Waals surface area contributed by atoms with Crippen LogP contribution in [0.1, 0.15) is 31.3 Å². The summed E-state index contributed by atoms with van der Waals surface area (Å²) >= 11 is 5.83. The molecule has 3 rings (SSSR count). The van der Waals surface area contributed by atoms with E-state index in [0.717, 1.165) is 16.6 Å². The maximum atomic E-state index is 12.6. The first-order valence-electron chi connectivity index (χ1n) is 8.23. The van der Waals surface area contributed by atoms with E-state index in [9.17, 15) is 13.5 Å². The molecule has 0 aliphatic rings. The number of rotatable bonds is 6. The molecule has 0 bridgehead atoms. The van der Waals surface area contributed by atoms with E-state index in [1.165, 1.54) is 12.1 Å². The zero-order valence-corrected chi connectivity index (χ0v) is 16.0. The molecule has 0 aliphatic heterocycles. The lowest BCUT2D eigenvalue weighted by Crippen LogP contribution is -2.28. The van der Waals surface area contributed by atoms with Gasteiger partial charge in [-0.2, -0.15) is 0 Å². The van der Waals surface area contributed by atoms with Gasteiger partial charge in [0.25, 0.3) is 0 Å². The molecule has 2 N–H and O–H groups in total. The van der Waals surface area contributed by atoms with E-state index in [2.05, 4.69) is 9.71 Å². The zero-order valence-electron chi connectivity index (χ0n) is 14.5. The van der Waals surface area contributed by atoms with Gasteiger partial charge in [0.2, 0.25) is 10.0 Å². The van der Waals surface area contributed by atoms with Gasteiger partial charge in [0.15, 0.2) is 0 Å². The van der Waals surface area contributed by atoms with Crippen LogP contribution in [0.25, 0.3) is 11.0 Å². The lowest BCUT2D eigenvalue weighted by atomic mass is 10.2. The van der Waals surface area contributed by atoms with Crippen molar-refractivity contribution in [2.45, 2.75) is 37.9 Å². The minimum Gasteiger partial charge on any atom is -0.392 e. The van der Waals surface area contributed by atoms with Crippen LogP contribution in [0, 0.1) is 0 Å². The van der Waals surface area contributed by atoms with E-state index in [1.54, 1.807) is 19.1 Å². The Morgan fingerprint density at radius 2 is 1.92 bits per heavy atom. The normalized spacial score (nSPS) is 13.2. The van der Waals surface area contributed by atoms with Crippen molar-refractivity contribution in [3.05, 3.63) is 58.9 Å². The van der Waals surface area contributed by atoms with Gasteiger partial charge < -0.3 is 9.67 Å². The molecule has 1 heterocycles. The Morgan fingerprint density at radius 3 is 2.54 bits per heavy atom. The lowest BCUT2D eigenvalue weighted by molar-refractivity contribution is 0.282. The molecule has 1 aromatic heterocycles. The number of fused-ring (bicyclic) bond motifs is 1. The molecule has 3 aromatic rings. The van der Waals surface area contributed by atoms with Crippen molar-refractivity contribution >= 4 is 32.7 Å². The summed E-state index contributed by atoms with van der Waals surface area (Å²) in [7, 11) is -3.70. The molecule has 1 atom stereocenters. The molecule has 0 amide bonds. The molecule has 8 heteroatoms. The van der Waals surface area contributed by atoms with Crippen molar-refractivity contribution in [3.8, 4) is 0 Å². The SMILES string of the molecule is CCn1c([C@@H](C)NS(=O)(=O)c2ccc(Cl)cc2)nc2ccc(CO)cc21. The van der Waals surface area contributed by atoms with Gasteiger partial charge in [-0.05, 0) is 55.8 Å². The van der Waals surface area contributed by atoms with Crippen molar-refractivity contribution < 1.29 is 13.5 Å². The molecule has 0 radical (unpaired) electrons. The second kappa shape index (κ2) is 7.36. The number of benzene rings is 2. The van der Waals surface area contributed by atoms with E-state index in [1.807, 2.05) is 29.7 Å². The van der Waals surface area contributed by atoms with Crippen LogP contribution in [0.2, 0.25) is 5.02 Å². The number of aliphatic hydroxyl groups excluding tert-OH is 1. The van der Waals surface area contributed by atoms with E-state index in [4.69, 9.17) is 11.6 Å². The highest BCUT2D eigenvalue weighted by molar-refractivity contribution is 7.89. The Morgan fingerprint density at radius 1 is 1.23 bits per heavy atom. The maximum absolute atomic E-state index is 12.6. The van der Waals surface area contributed by atoms with E-state index < -0.39 is 16.1 Å². The van der Waals surface area contributed by atoms with Gasteiger partial charge >= 0.3 is 0 Å². The second-order valence-corrected chi connectivity index (χ2v) is 8.14. The van der Waals surface area contributed by atoms with Gasteiger partial charge in [-0.1, -0.05) is 17.7 Å². The van der Waals surface area contributed by atoms with Crippen LogP contribution in [-0.4, -0.2) is 23.1 Å². The van der Waals surface area contributed by atoms with Crippen LogP contribution < -0.4 is 4.72 Å². The average molecular weight is 394 g/mol. The Labute approximate surface area is 157 Å². The van der Waals surface area contributed by atoms with Crippen molar-refractivity contribution in [1.82, 2.24) is 14.3 Å². The number of hydrogen-bond donors (Lipinski definition) is 2. The molecule has 26 heavy (non-hydrogen) atoms. The van der Waals surface area contributed by atoms with Crippen molar-refractivity contribution in [1.29, 1.82) is 0 Å². The van der Waals surface area contributed by atoms with E-state index >= 15 is 0 Å². The predicted molar refractivity (Wildman–Crippen MR) is 102 cm³/mol. The predicted octanol–water partition coefficient (Wildman–Crippen LogP) is 3.24. The van der Waals surface area contributed by atoms with Crippen molar-refractivity contribution in [3.63, 3.8) is 0 Å². The summed E-state index contributed by atoms with van der Waals surface area (Å²) in [4.78, 5) is 4.73. The highest BCUT2D eigenvalue weighted by Gasteiger charge is 2.22. The quantitative estimate of drug-likeness (QED) is 0.673. The number of sulfonamides is 1. The second-order valence-electron chi connectivity index (χ2n) is 5.99. The van der Waals surface area contributed by atoms with Crippen LogP contribution in [-0.2, 0) is 23.2 Å². The van der Waals surface area contributed by atoms with Gasteiger partial charge in [-0.15, -0.1) is 0 Å². The summed E-state index contributed by atoms with van der Waals surface area (Å²) in [6, 6.07) is 11.0. The van der Waals surface area contributed by atoms with Crippen LogP contribution in [0.4, 0.5) is 0 Å². The fourth-order valence-electron chi connectivity index (χ4n) is 2.92. The number of halogens is 1. The summed E-state index contributed by atoms with van der Waals surface area (Å²) in [6.45, 7) is 4.30. The Balaban J connectivity index is 1.96. The minimum atomic E-state index is -3.70. The largest absolute Gasteiger partial charge is 0.392 e. The number of aromatic nitrogens is 2. The van der Waals surface area contributed by atoms with Gasteiger partial charge in [-0.25, -0.2) is 18.1 Å². The fourth-order valence-corrected chi connectivity index (χ4v) is 4.24. The first kappa shape index (κ1) is 18.8. The molecule has 0 fully saturated rings. The highest BCUT2D eigenvalue weighted by atomic mass is 35.5. The van der Waals surface area contributed by atoms with Gasteiger partial charge in [0, 0.05) is 11.6 Å². The first-order chi connectivity index (χ1) is 12.4. The third kappa shape index (κ3) is 3.61. The molecule has 6 nitrogen and oxygen atoms in total. The monoisotopic (exact) mass is 393 g/mol. The number of imidazole rings is 1. The third-order valence-corrected chi connectivity index (χ3v) is 5.99. The number of nitrogens with one attached hydrogen (secondary N) is 1. The number of aliphatic hydroxyl groups is 1. The number of hydrogen-bond acceptors (Lipinski definition) is 4. The summed E-state index contributed by atoms with van der Waals surface area (Å²) < 4.78 is 29.9. The van der Waals surface area contributed by atoms with E-state index in [-0.39, 0.29) is 11.5 Å². The summed E-state index contributed by atoms with van der Waals surface area (Å²) in [6.07, 6.45) is 0. The fraction of sp³-hybridized carbons (Fsp3) is 0.278. The molecular formula is C18H20ClN3O3S. The van der Waals surface area contributed by atoms with Crippen LogP contribution in [0.15, 0.2) is 47.4 Å². The van der Waals surface area contributed by atoms with Crippen LogP contribution in [0.3, 0.4) is 0 Å². The lowest BCUT2D eigenvalue weighted by Gasteiger charge is -2.15. The van der Waals surface area contributed by atoms with Gasteiger partial charge in [0.1, 0.15) is 5.82 Å². The molecule has 0 unspecified atom stereocenters. The molecular weight excluding hydrogens is 374 g/mol. The summed E-state index contributed by atoms with van der Waals surface area (Å²) in [5.41, 5.74) is 2.41. The van der Waals surface area contributed by atoms with E-state index in [0.29, 0.717) is 17.4 Å². The molecule has 0 saturated carbocycles. The standard InChI is InChI=1S/C18H20ClN3O3S/c1-3-22-17-10-13(11-23)4-9-16(17)20-18(22)12(2)21-26(24,25)15-7-5-14(19)6-8-15/h4-10,12,21,23H,3,11H2,1-2H3/t12-/m1/s1. The molecule has 138 valence electrons. The minimum absolute atomic E-state index is 0.0566. The van der Waals surface area contributed by atoms with Crippen molar-refractivity contribution in [2.24, 2.45) is 0 Å². The number of aryl methyl sites for hydroxylation is 1. The zero-order chi connectivity index (χ0) is 18.9. The Bertz CT molecular complexity index is 1030. The Kier molecular flexibility index (Phi) is 5.34. The smallest absolute Gasteiger partial charge is 0.241 e. The van der Waals surface area contributed by atoms with Crippen LogP contribution >= 0.6 is 11.6 Å². The van der Waals surface area contributed by atoms with Crippen molar-refractivity contribution in [2.75, 3.05) is 0 Å². The maximum Gasteiger partial charge on any atom is 0.241 e. The topological polar surface area (TPSA) is 84.2 Å². The van der Waals surface area contributed by atoms with Crippen LogP contribution in [0.5, 0.6) is 0 Å². The average Bonchev–Trinajstić information content (AvgIpc) is 2.99. The number of nitrogens with zero attached hydrogens (tertiary/aromatic N) is 2. The highest BCUT2D eigenvalue weighted by Crippen LogP contribution is 2.24. The molecule has 2 aromatic carbocycles. The molecule has 0 saturated heterocycles. The summed E-state index contributed by atoms with van der Waals surface area (Å²) in [5, 5.41) is 9.82. The first-order valence-corrected chi connectivity index (χ1v) is 10.1. The Hall–Kier alpha value is -1.93. The van der Waals surface area contributed by atoms with Gasteiger partial charge in [0.05, 0.1) is 28.6 Å². The molecule has 0 spiro atoms. The van der Waals surface area contributed by atoms with Gasteiger partial charge in [-0.3, -0.25) is 0 Å². The molecule has 0 aliphatic carbocycles. The third-order valence-electron chi connectivity index (χ3n) is 4.18.